The van der Waals surface area contributed by atoms with E-state index in [4.69, 9.17) is 4.74 Å². The molecule has 0 aliphatic carbocycles. The summed E-state index contributed by atoms with van der Waals surface area (Å²) >= 11 is 0. The van der Waals surface area contributed by atoms with Gasteiger partial charge in [-0.05, 0) is 36.4 Å². The Morgan fingerprint density at radius 3 is 1.84 bits per heavy atom. The van der Waals surface area contributed by atoms with Gasteiger partial charge in [-0.15, -0.1) is 0 Å². The number of fused-ring (bicyclic) bond motifs is 1. The maximum absolute atomic E-state index is 13.1. The molecule has 0 fully saturated rings. The molecule has 0 bridgehead atoms. The van der Waals surface area contributed by atoms with Crippen molar-refractivity contribution in [1.82, 2.24) is 0 Å². The van der Waals surface area contributed by atoms with Gasteiger partial charge in [-0.1, -0.05) is 30.3 Å². The number of hydrogen-bond donors (Lipinski definition) is 0. The van der Waals surface area contributed by atoms with Gasteiger partial charge in [0, 0.05) is 76.0 Å². The third kappa shape index (κ3) is 3.40. The van der Waals surface area contributed by atoms with Crippen LogP contribution in [0.1, 0.15) is 27.0 Å². The quantitative estimate of drug-likeness (QED) is 0.579. The number of rotatable bonds is 5. The Hall–Kier alpha value is -3.47. The van der Waals surface area contributed by atoms with Crippen molar-refractivity contribution in [2.24, 2.45) is 0 Å². The van der Waals surface area contributed by atoms with Crippen molar-refractivity contribution in [3.05, 3.63) is 89.0 Å². The van der Waals surface area contributed by atoms with Crippen LogP contribution in [-0.2, 0) is 10.3 Å². The van der Waals surface area contributed by atoms with Crippen LogP contribution in [0.3, 0.4) is 0 Å². The Labute approximate surface area is 184 Å². The molecule has 5 nitrogen and oxygen atoms in total. The van der Waals surface area contributed by atoms with E-state index in [0.29, 0.717) is 5.56 Å². The first-order valence-corrected chi connectivity index (χ1v) is 10.3. The molecule has 0 saturated carbocycles. The van der Waals surface area contributed by atoms with Crippen LogP contribution >= 0.6 is 0 Å². The molecule has 1 aliphatic heterocycles. The van der Waals surface area contributed by atoms with E-state index in [1.807, 2.05) is 77.5 Å². The van der Waals surface area contributed by atoms with Gasteiger partial charge in [-0.3, -0.25) is 0 Å². The van der Waals surface area contributed by atoms with E-state index in [9.17, 15) is 4.79 Å². The summed E-state index contributed by atoms with van der Waals surface area (Å²) in [5.41, 5.74) is 5.46. The summed E-state index contributed by atoms with van der Waals surface area (Å²) in [5.74, 6) is -0.300. The Morgan fingerprint density at radius 2 is 1.23 bits per heavy atom. The molecule has 5 heteroatoms. The van der Waals surface area contributed by atoms with Crippen molar-refractivity contribution in [1.29, 1.82) is 0 Å². The number of carbonyl (C=O) groups excluding carboxylic acids is 1. The minimum atomic E-state index is -0.992. The summed E-state index contributed by atoms with van der Waals surface area (Å²) in [6, 6.07) is 22.4. The first kappa shape index (κ1) is 20.8. The molecule has 0 amide bonds. The zero-order valence-electron chi connectivity index (χ0n) is 19.0. The molecule has 1 atom stereocenters. The number of ether oxygens (including phenoxy) is 1. The Balaban J connectivity index is 1.98. The molecule has 0 aromatic heterocycles. The molecule has 0 spiro atoms. The van der Waals surface area contributed by atoms with Crippen LogP contribution in [-0.4, -0.2) is 48.3 Å². The third-order valence-electron chi connectivity index (χ3n) is 5.92. The lowest BCUT2D eigenvalue weighted by Crippen LogP contribution is -2.30. The summed E-state index contributed by atoms with van der Waals surface area (Å²) in [4.78, 5) is 19.2. The third-order valence-corrected chi connectivity index (χ3v) is 5.92. The van der Waals surface area contributed by atoms with Crippen LogP contribution in [0.25, 0.3) is 0 Å². The summed E-state index contributed by atoms with van der Waals surface area (Å²) in [7, 11) is 12.0. The number of cyclic esters (lactones) is 1. The van der Waals surface area contributed by atoms with Gasteiger partial charge >= 0.3 is 5.97 Å². The predicted octanol–water partition coefficient (Wildman–Crippen LogP) is 4.35. The fourth-order valence-electron chi connectivity index (χ4n) is 4.13. The maximum atomic E-state index is 13.1. The second-order valence-electron chi connectivity index (χ2n) is 8.58. The van der Waals surface area contributed by atoms with Gasteiger partial charge < -0.3 is 19.4 Å². The van der Waals surface area contributed by atoms with Gasteiger partial charge in [0.2, 0.25) is 0 Å². The van der Waals surface area contributed by atoms with Gasteiger partial charge in [0.15, 0.2) is 5.60 Å². The van der Waals surface area contributed by atoms with E-state index in [2.05, 4.69) is 46.2 Å². The highest BCUT2D eigenvalue weighted by Crippen LogP contribution is 2.48. The number of hydrogen-bond acceptors (Lipinski definition) is 5. The zero-order chi connectivity index (χ0) is 22.3. The molecule has 31 heavy (non-hydrogen) atoms. The van der Waals surface area contributed by atoms with Crippen molar-refractivity contribution < 1.29 is 9.53 Å². The normalized spacial score (nSPS) is 17.2. The van der Waals surface area contributed by atoms with E-state index in [1.54, 1.807) is 0 Å². The molecule has 0 N–H and O–H groups in total. The van der Waals surface area contributed by atoms with Gasteiger partial charge in [0.05, 0.1) is 5.56 Å². The average molecular weight is 416 g/mol. The van der Waals surface area contributed by atoms with Gasteiger partial charge in [0.1, 0.15) is 0 Å². The van der Waals surface area contributed by atoms with E-state index in [1.165, 1.54) is 0 Å². The average Bonchev–Trinajstić information content (AvgIpc) is 3.06. The highest BCUT2D eigenvalue weighted by atomic mass is 16.6. The Kier molecular flexibility index (Phi) is 5.13. The molecule has 1 aliphatic rings. The first-order valence-electron chi connectivity index (χ1n) is 10.3. The summed E-state index contributed by atoms with van der Waals surface area (Å²) in [6.45, 7) is 0. The van der Waals surface area contributed by atoms with Crippen molar-refractivity contribution in [3.8, 4) is 0 Å². The van der Waals surface area contributed by atoms with Crippen molar-refractivity contribution >= 4 is 23.0 Å². The largest absolute Gasteiger partial charge is 0.441 e. The van der Waals surface area contributed by atoms with E-state index in [0.717, 1.165) is 33.8 Å². The highest BCUT2D eigenvalue weighted by molar-refractivity contribution is 5.97. The minimum absolute atomic E-state index is 0.300. The lowest BCUT2D eigenvalue weighted by Gasteiger charge is -2.31. The second kappa shape index (κ2) is 7.65. The molecule has 1 unspecified atom stereocenters. The number of carbonyl (C=O) groups is 1. The summed E-state index contributed by atoms with van der Waals surface area (Å²) in [6.07, 6.45) is 0. The van der Waals surface area contributed by atoms with Crippen molar-refractivity contribution in [2.45, 2.75) is 5.60 Å². The first-order chi connectivity index (χ1) is 14.7. The van der Waals surface area contributed by atoms with Crippen LogP contribution in [0.5, 0.6) is 0 Å². The molecule has 0 saturated heterocycles. The minimum Gasteiger partial charge on any atom is -0.441 e. The number of benzene rings is 3. The zero-order valence-corrected chi connectivity index (χ0v) is 19.0. The lowest BCUT2D eigenvalue weighted by atomic mass is 9.79. The molecule has 3 aromatic rings. The molecular formula is C26H29N3O2. The number of anilines is 3. The second-order valence-corrected chi connectivity index (χ2v) is 8.58. The van der Waals surface area contributed by atoms with E-state index in [-0.39, 0.29) is 5.97 Å². The van der Waals surface area contributed by atoms with E-state index < -0.39 is 5.60 Å². The van der Waals surface area contributed by atoms with Crippen LogP contribution in [0.4, 0.5) is 17.1 Å². The Morgan fingerprint density at radius 1 is 0.645 bits per heavy atom. The molecule has 160 valence electrons. The summed E-state index contributed by atoms with van der Waals surface area (Å²) in [5, 5.41) is 0. The van der Waals surface area contributed by atoms with Crippen LogP contribution in [0, 0.1) is 0 Å². The van der Waals surface area contributed by atoms with Crippen LogP contribution in [0.15, 0.2) is 66.7 Å². The van der Waals surface area contributed by atoms with Gasteiger partial charge in [-0.2, -0.15) is 0 Å². The van der Waals surface area contributed by atoms with Crippen LogP contribution < -0.4 is 14.7 Å². The fourth-order valence-corrected chi connectivity index (χ4v) is 4.13. The fraction of sp³-hybridized carbons (Fsp3) is 0.269. The standard InChI is InChI=1S/C26H29N3O2/c1-27(2)20-12-10-18(11-13-20)26(19-8-7-9-21(16-19)28(3)4)24-15-14-22(29(5)6)17-23(24)25(30)31-26/h7-17H,1-6H3. The van der Waals surface area contributed by atoms with Crippen molar-refractivity contribution in [2.75, 3.05) is 57.0 Å². The Bertz CT molecular complexity index is 1120. The number of nitrogens with zero attached hydrogens (tertiary/aromatic N) is 3. The topological polar surface area (TPSA) is 36.0 Å². The monoisotopic (exact) mass is 415 g/mol. The van der Waals surface area contributed by atoms with Crippen molar-refractivity contribution in [3.63, 3.8) is 0 Å². The van der Waals surface area contributed by atoms with Gasteiger partial charge in [0.25, 0.3) is 0 Å². The predicted molar refractivity (Wildman–Crippen MR) is 128 cm³/mol. The SMILES string of the molecule is CN(C)c1ccc(C2(c3cccc(N(C)C)c3)OC(=O)c3cc(N(C)C)ccc32)cc1. The van der Waals surface area contributed by atoms with Gasteiger partial charge in [-0.25, -0.2) is 4.79 Å². The maximum Gasteiger partial charge on any atom is 0.340 e. The molecule has 1 heterocycles. The number of esters is 1. The molecular weight excluding hydrogens is 386 g/mol. The van der Waals surface area contributed by atoms with E-state index >= 15 is 0 Å². The van der Waals surface area contributed by atoms with Crippen LogP contribution in [0.2, 0.25) is 0 Å². The highest BCUT2D eigenvalue weighted by Gasteiger charge is 2.48. The smallest absolute Gasteiger partial charge is 0.340 e. The molecule has 3 aromatic carbocycles. The lowest BCUT2D eigenvalue weighted by molar-refractivity contribution is 0.0251. The molecule has 4 rings (SSSR count). The molecule has 0 radical (unpaired) electrons. The summed E-state index contributed by atoms with van der Waals surface area (Å²) < 4.78 is 6.27.